The standard InChI is InChI=1S/C13H13ClN2O3S/c1-16(10-3-5-11(17)6-4-10)20(18,19)13-8-9(15)2-7-12(13)14/h2-8,17H,15H2,1H3. The Hall–Kier alpha value is -1.92. The maximum Gasteiger partial charge on any atom is 0.265 e. The molecule has 2 aromatic carbocycles. The van der Waals surface area contributed by atoms with Crippen LogP contribution in [0.2, 0.25) is 5.02 Å². The van der Waals surface area contributed by atoms with Crippen LogP contribution in [-0.4, -0.2) is 20.6 Å². The Bertz CT molecular complexity index is 730. The molecule has 0 fully saturated rings. The van der Waals surface area contributed by atoms with E-state index in [9.17, 15) is 13.5 Å². The number of hydrogen-bond donors (Lipinski definition) is 2. The van der Waals surface area contributed by atoms with E-state index in [1.54, 1.807) is 0 Å². The van der Waals surface area contributed by atoms with Crippen molar-refractivity contribution >= 4 is 33.0 Å². The zero-order valence-corrected chi connectivity index (χ0v) is 12.2. The minimum atomic E-state index is -3.82. The molecular formula is C13H13ClN2O3S. The van der Waals surface area contributed by atoms with E-state index < -0.39 is 10.0 Å². The van der Waals surface area contributed by atoms with Gasteiger partial charge in [0, 0.05) is 12.7 Å². The summed E-state index contributed by atoms with van der Waals surface area (Å²) in [6, 6.07) is 10.1. The monoisotopic (exact) mass is 312 g/mol. The summed E-state index contributed by atoms with van der Waals surface area (Å²) < 4.78 is 26.1. The van der Waals surface area contributed by atoms with Crippen LogP contribution in [0, 0.1) is 0 Å². The fraction of sp³-hybridized carbons (Fsp3) is 0.0769. The molecule has 20 heavy (non-hydrogen) atoms. The van der Waals surface area contributed by atoms with Crippen LogP contribution in [0.5, 0.6) is 5.75 Å². The smallest absolute Gasteiger partial charge is 0.265 e. The van der Waals surface area contributed by atoms with E-state index in [4.69, 9.17) is 17.3 Å². The van der Waals surface area contributed by atoms with Crippen LogP contribution in [0.3, 0.4) is 0 Å². The van der Waals surface area contributed by atoms with Crippen LogP contribution in [0.1, 0.15) is 0 Å². The number of nitrogens with two attached hydrogens (primary N) is 1. The molecular weight excluding hydrogens is 300 g/mol. The lowest BCUT2D eigenvalue weighted by Crippen LogP contribution is -2.26. The number of nitrogens with zero attached hydrogens (tertiary/aromatic N) is 1. The van der Waals surface area contributed by atoms with Gasteiger partial charge in [-0.1, -0.05) is 11.6 Å². The second kappa shape index (κ2) is 5.22. The molecule has 0 saturated carbocycles. The van der Waals surface area contributed by atoms with Gasteiger partial charge >= 0.3 is 0 Å². The van der Waals surface area contributed by atoms with Crippen molar-refractivity contribution in [2.75, 3.05) is 17.1 Å². The van der Waals surface area contributed by atoms with E-state index in [1.165, 1.54) is 49.5 Å². The van der Waals surface area contributed by atoms with Crippen LogP contribution in [0.25, 0.3) is 0 Å². The Labute approximate surface area is 122 Å². The highest BCUT2D eigenvalue weighted by Gasteiger charge is 2.24. The van der Waals surface area contributed by atoms with E-state index in [1.807, 2.05) is 0 Å². The van der Waals surface area contributed by atoms with E-state index in [0.717, 1.165) is 4.31 Å². The summed E-state index contributed by atoms with van der Waals surface area (Å²) in [4.78, 5) is -0.0604. The van der Waals surface area contributed by atoms with Gasteiger partial charge in [-0.15, -0.1) is 0 Å². The topological polar surface area (TPSA) is 83.6 Å². The summed E-state index contributed by atoms with van der Waals surface area (Å²) in [5.41, 5.74) is 6.32. The van der Waals surface area contributed by atoms with Crippen molar-refractivity contribution in [1.82, 2.24) is 0 Å². The van der Waals surface area contributed by atoms with Crippen molar-refractivity contribution in [3.63, 3.8) is 0 Å². The largest absolute Gasteiger partial charge is 0.508 e. The molecule has 0 spiro atoms. The first-order valence-electron chi connectivity index (χ1n) is 5.65. The van der Waals surface area contributed by atoms with Crippen LogP contribution in [0.15, 0.2) is 47.4 Å². The molecule has 3 N–H and O–H groups in total. The fourth-order valence-electron chi connectivity index (χ4n) is 1.67. The summed E-state index contributed by atoms with van der Waals surface area (Å²) in [6.45, 7) is 0. The Morgan fingerprint density at radius 3 is 2.35 bits per heavy atom. The number of hydrogen-bond acceptors (Lipinski definition) is 4. The molecule has 0 aliphatic heterocycles. The van der Waals surface area contributed by atoms with Gasteiger partial charge in [0.05, 0.1) is 10.7 Å². The van der Waals surface area contributed by atoms with Crippen molar-refractivity contribution < 1.29 is 13.5 Å². The Balaban J connectivity index is 2.49. The summed E-state index contributed by atoms with van der Waals surface area (Å²) >= 11 is 5.94. The summed E-state index contributed by atoms with van der Waals surface area (Å²) in [5, 5.41) is 9.33. The highest BCUT2D eigenvalue weighted by Crippen LogP contribution is 2.29. The molecule has 0 unspecified atom stereocenters. The molecule has 0 aromatic heterocycles. The minimum Gasteiger partial charge on any atom is -0.508 e. The summed E-state index contributed by atoms with van der Waals surface area (Å²) in [7, 11) is -2.41. The first-order chi connectivity index (χ1) is 9.32. The van der Waals surface area contributed by atoms with E-state index >= 15 is 0 Å². The molecule has 7 heteroatoms. The predicted octanol–water partition coefficient (Wildman–Crippen LogP) is 2.45. The molecule has 0 aliphatic rings. The summed E-state index contributed by atoms with van der Waals surface area (Å²) in [6.07, 6.45) is 0. The number of benzene rings is 2. The normalized spacial score (nSPS) is 11.3. The number of aromatic hydroxyl groups is 1. The Kier molecular flexibility index (Phi) is 3.78. The molecule has 0 atom stereocenters. The highest BCUT2D eigenvalue weighted by molar-refractivity contribution is 7.93. The molecule has 0 aliphatic carbocycles. The van der Waals surface area contributed by atoms with Crippen molar-refractivity contribution in [1.29, 1.82) is 0 Å². The zero-order chi connectivity index (χ0) is 14.9. The minimum absolute atomic E-state index is 0.0570. The maximum absolute atomic E-state index is 12.5. The lowest BCUT2D eigenvalue weighted by Gasteiger charge is -2.20. The number of rotatable bonds is 3. The van der Waals surface area contributed by atoms with Gasteiger partial charge in [-0.05, 0) is 42.5 Å². The third kappa shape index (κ3) is 2.66. The highest BCUT2D eigenvalue weighted by atomic mass is 35.5. The number of phenols is 1. The Morgan fingerprint density at radius 2 is 1.75 bits per heavy atom. The first-order valence-corrected chi connectivity index (χ1v) is 7.47. The third-order valence-electron chi connectivity index (χ3n) is 2.81. The van der Waals surface area contributed by atoms with Gasteiger partial charge in [-0.3, -0.25) is 4.31 Å². The van der Waals surface area contributed by atoms with Crippen LogP contribution < -0.4 is 10.0 Å². The second-order valence-electron chi connectivity index (χ2n) is 4.18. The number of nitrogen functional groups attached to an aromatic ring is 1. The quantitative estimate of drug-likeness (QED) is 0.853. The van der Waals surface area contributed by atoms with Gasteiger partial charge in [0.2, 0.25) is 0 Å². The van der Waals surface area contributed by atoms with Gasteiger partial charge in [0.15, 0.2) is 0 Å². The SMILES string of the molecule is CN(c1ccc(O)cc1)S(=O)(=O)c1cc(N)ccc1Cl. The number of anilines is 2. The van der Waals surface area contributed by atoms with E-state index in [2.05, 4.69) is 0 Å². The lowest BCUT2D eigenvalue weighted by atomic mass is 10.3. The molecule has 2 aromatic rings. The molecule has 0 radical (unpaired) electrons. The number of halogens is 1. The van der Waals surface area contributed by atoms with Crippen molar-refractivity contribution in [3.8, 4) is 5.75 Å². The molecule has 2 rings (SSSR count). The number of sulfonamides is 1. The van der Waals surface area contributed by atoms with E-state index in [-0.39, 0.29) is 15.7 Å². The van der Waals surface area contributed by atoms with Gasteiger partial charge in [0.1, 0.15) is 10.6 Å². The number of phenolic OH excluding ortho intramolecular Hbond substituents is 1. The first kappa shape index (κ1) is 14.5. The summed E-state index contributed by atoms with van der Waals surface area (Å²) in [5.74, 6) is 0.0570. The molecule has 0 saturated heterocycles. The van der Waals surface area contributed by atoms with Crippen molar-refractivity contribution in [3.05, 3.63) is 47.5 Å². The average Bonchev–Trinajstić information content (AvgIpc) is 2.41. The molecule has 0 amide bonds. The second-order valence-corrected chi connectivity index (χ2v) is 6.52. The predicted molar refractivity (Wildman–Crippen MR) is 79.6 cm³/mol. The van der Waals surface area contributed by atoms with Gasteiger partial charge in [0.25, 0.3) is 10.0 Å². The average molecular weight is 313 g/mol. The molecule has 106 valence electrons. The van der Waals surface area contributed by atoms with Crippen molar-refractivity contribution in [2.24, 2.45) is 0 Å². The van der Waals surface area contributed by atoms with Gasteiger partial charge in [-0.2, -0.15) is 0 Å². The maximum atomic E-state index is 12.5. The lowest BCUT2D eigenvalue weighted by molar-refractivity contribution is 0.475. The van der Waals surface area contributed by atoms with Crippen LogP contribution >= 0.6 is 11.6 Å². The van der Waals surface area contributed by atoms with Gasteiger partial charge in [-0.25, -0.2) is 8.42 Å². The van der Waals surface area contributed by atoms with Crippen molar-refractivity contribution in [2.45, 2.75) is 4.90 Å². The zero-order valence-electron chi connectivity index (χ0n) is 10.6. The van der Waals surface area contributed by atoms with Crippen LogP contribution in [0.4, 0.5) is 11.4 Å². The van der Waals surface area contributed by atoms with Gasteiger partial charge < -0.3 is 10.8 Å². The van der Waals surface area contributed by atoms with E-state index in [0.29, 0.717) is 11.4 Å². The fourth-order valence-corrected chi connectivity index (χ4v) is 3.37. The molecule has 5 nitrogen and oxygen atoms in total. The third-order valence-corrected chi connectivity index (χ3v) is 5.07. The molecule has 0 bridgehead atoms. The van der Waals surface area contributed by atoms with Crippen LogP contribution in [-0.2, 0) is 10.0 Å². The molecule has 0 heterocycles. The Morgan fingerprint density at radius 1 is 1.15 bits per heavy atom.